The minimum absolute atomic E-state index is 0.0111. The van der Waals surface area contributed by atoms with Crippen LogP contribution in [0.5, 0.6) is 0 Å². The van der Waals surface area contributed by atoms with Crippen LogP contribution in [0.4, 0.5) is 4.79 Å². The predicted octanol–water partition coefficient (Wildman–Crippen LogP) is -0.773. The monoisotopic (exact) mass is 299 g/mol. The molecule has 3 atom stereocenters. The van der Waals surface area contributed by atoms with Crippen molar-refractivity contribution in [1.29, 1.82) is 0 Å². The second-order valence-electron chi connectivity index (χ2n) is 5.60. The molecule has 2 fully saturated rings. The summed E-state index contributed by atoms with van der Waals surface area (Å²) in [6, 6.07) is -2.38. The van der Waals surface area contributed by atoms with Crippen molar-refractivity contribution >= 4 is 17.9 Å². The van der Waals surface area contributed by atoms with Gasteiger partial charge in [-0.1, -0.05) is 0 Å². The third kappa shape index (κ3) is 3.44. The minimum atomic E-state index is -1.15. The van der Waals surface area contributed by atoms with Crippen molar-refractivity contribution in [3.05, 3.63) is 0 Å². The number of aliphatic hydroxyl groups is 1. The fourth-order valence-electron chi connectivity index (χ4n) is 2.81. The number of rotatable bonds is 3. The van der Waals surface area contributed by atoms with E-state index in [1.165, 1.54) is 0 Å². The Morgan fingerprint density at radius 2 is 1.86 bits per heavy atom. The number of aliphatic carboxylic acids is 1. The molecule has 0 bridgehead atoms. The Labute approximate surface area is 122 Å². The molecule has 1 unspecified atom stereocenters. The zero-order valence-electron chi connectivity index (χ0n) is 12.0. The van der Waals surface area contributed by atoms with Gasteiger partial charge in [0.25, 0.3) is 0 Å². The van der Waals surface area contributed by atoms with E-state index in [4.69, 9.17) is 5.11 Å². The quantitative estimate of drug-likeness (QED) is 0.633. The van der Waals surface area contributed by atoms with Crippen LogP contribution in [0.1, 0.15) is 26.2 Å². The van der Waals surface area contributed by atoms with Crippen LogP contribution >= 0.6 is 0 Å². The van der Waals surface area contributed by atoms with Gasteiger partial charge in [-0.15, -0.1) is 0 Å². The predicted molar refractivity (Wildman–Crippen MR) is 72.6 cm³/mol. The number of nitrogens with one attached hydrogen (secondary N) is 1. The maximum absolute atomic E-state index is 12.1. The van der Waals surface area contributed by atoms with E-state index in [0.717, 1.165) is 17.7 Å². The highest BCUT2D eigenvalue weighted by molar-refractivity contribution is 5.89. The van der Waals surface area contributed by atoms with Gasteiger partial charge < -0.3 is 25.3 Å². The number of likely N-dealkylation sites (tertiary alicyclic amines) is 2. The number of nitrogens with zero attached hydrogens (tertiary/aromatic N) is 2. The number of carboxylic acid groups (broad SMARTS) is 1. The van der Waals surface area contributed by atoms with E-state index in [2.05, 4.69) is 5.32 Å². The molecule has 21 heavy (non-hydrogen) atoms. The smallest absolute Gasteiger partial charge is 0.326 e. The molecule has 2 aliphatic rings. The number of urea groups is 1. The van der Waals surface area contributed by atoms with Crippen LogP contribution in [0.25, 0.3) is 0 Å². The fraction of sp³-hybridized carbons (Fsp3) is 0.769. The molecule has 8 nitrogen and oxygen atoms in total. The summed E-state index contributed by atoms with van der Waals surface area (Å²) in [5, 5.41) is 21.1. The Bertz CT molecular complexity index is 436. The minimum Gasteiger partial charge on any atom is -0.480 e. The van der Waals surface area contributed by atoms with Gasteiger partial charge in [0.2, 0.25) is 5.91 Å². The molecule has 0 spiro atoms. The van der Waals surface area contributed by atoms with Crippen molar-refractivity contribution in [2.75, 3.05) is 19.6 Å². The number of carboxylic acids is 1. The van der Waals surface area contributed by atoms with Crippen LogP contribution in [0, 0.1) is 0 Å². The van der Waals surface area contributed by atoms with Gasteiger partial charge in [-0.25, -0.2) is 9.59 Å². The highest BCUT2D eigenvalue weighted by atomic mass is 16.4. The molecule has 2 heterocycles. The Morgan fingerprint density at radius 3 is 2.43 bits per heavy atom. The van der Waals surface area contributed by atoms with Gasteiger partial charge in [-0.2, -0.15) is 0 Å². The van der Waals surface area contributed by atoms with Gasteiger partial charge in [-0.3, -0.25) is 4.79 Å². The van der Waals surface area contributed by atoms with Crippen molar-refractivity contribution in [3.63, 3.8) is 0 Å². The summed E-state index contributed by atoms with van der Waals surface area (Å²) in [4.78, 5) is 38.1. The average Bonchev–Trinajstić information content (AvgIpc) is 3.06. The van der Waals surface area contributed by atoms with Gasteiger partial charge in [0.15, 0.2) is 0 Å². The molecular weight excluding hydrogens is 278 g/mol. The summed E-state index contributed by atoms with van der Waals surface area (Å²) in [7, 11) is 0. The Kier molecular flexibility index (Phi) is 4.66. The molecule has 2 aliphatic heterocycles. The van der Waals surface area contributed by atoms with E-state index in [1.807, 2.05) is 0 Å². The summed E-state index contributed by atoms with van der Waals surface area (Å²) in [5.41, 5.74) is 0. The maximum atomic E-state index is 12.1. The number of aliphatic hydroxyl groups excluding tert-OH is 1. The first-order valence-electron chi connectivity index (χ1n) is 7.17. The van der Waals surface area contributed by atoms with Gasteiger partial charge in [0.05, 0.1) is 6.10 Å². The molecule has 2 rings (SSSR count). The number of β-amino-alcohol motifs (C(OH)–C–C–N with tert-alkyl or cyclic N) is 1. The second-order valence-corrected chi connectivity index (χ2v) is 5.60. The Morgan fingerprint density at radius 1 is 1.24 bits per heavy atom. The lowest BCUT2D eigenvalue weighted by molar-refractivity contribution is -0.141. The molecule has 3 N–H and O–H groups in total. The number of amides is 3. The van der Waals surface area contributed by atoms with E-state index in [9.17, 15) is 19.5 Å². The van der Waals surface area contributed by atoms with Crippen LogP contribution < -0.4 is 5.32 Å². The molecule has 118 valence electrons. The third-order valence-corrected chi connectivity index (χ3v) is 3.95. The van der Waals surface area contributed by atoms with Crippen LogP contribution in [-0.2, 0) is 9.59 Å². The average molecular weight is 299 g/mol. The molecule has 3 amide bonds. The molecule has 0 aromatic heterocycles. The Balaban J connectivity index is 1.93. The molecule has 8 heteroatoms. The maximum Gasteiger partial charge on any atom is 0.326 e. The zero-order chi connectivity index (χ0) is 15.6. The Hall–Kier alpha value is -1.83. The van der Waals surface area contributed by atoms with Crippen molar-refractivity contribution in [3.8, 4) is 0 Å². The topological polar surface area (TPSA) is 110 Å². The molecule has 2 saturated heterocycles. The van der Waals surface area contributed by atoms with Crippen molar-refractivity contribution in [2.24, 2.45) is 0 Å². The van der Waals surface area contributed by atoms with Crippen LogP contribution in [0.3, 0.4) is 0 Å². The SMILES string of the molecule is CC(NC(=O)N1C[C@@H](O)C[C@H]1C(=O)O)C(=O)N1CCCC1. The van der Waals surface area contributed by atoms with Crippen molar-refractivity contribution < 1.29 is 24.6 Å². The molecular formula is C13H21N3O5. The molecule has 0 radical (unpaired) electrons. The molecule has 0 aliphatic carbocycles. The van der Waals surface area contributed by atoms with Gasteiger partial charge in [-0.05, 0) is 19.8 Å². The van der Waals surface area contributed by atoms with E-state index < -0.39 is 30.2 Å². The van der Waals surface area contributed by atoms with E-state index >= 15 is 0 Å². The largest absolute Gasteiger partial charge is 0.480 e. The second kappa shape index (κ2) is 6.30. The van der Waals surface area contributed by atoms with Crippen LogP contribution in [0.15, 0.2) is 0 Å². The fourth-order valence-corrected chi connectivity index (χ4v) is 2.81. The molecule has 0 aromatic rings. The molecule has 0 saturated carbocycles. The number of hydrogen-bond acceptors (Lipinski definition) is 4. The van der Waals surface area contributed by atoms with Crippen LogP contribution in [-0.4, -0.2) is 75.7 Å². The number of hydrogen-bond donors (Lipinski definition) is 3. The lowest BCUT2D eigenvalue weighted by atomic mass is 10.2. The first-order chi connectivity index (χ1) is 9.90. The van der Waals surface area contributed by atoms with Crippen LogP contribution in [0.2, 0.25) is 0 Å². The van der Waals surface area contributed by atoms with E-state index in [0.29, 0.717) is 13.1 Å². The highest BCUT2D eigenvalue weighted by Gasteiger charge is 2.39. The zero-order valence-corrected chi connectivity index (χ0v) is 12.0. The summed E-state index contributed by atoms with van der Waals surface area (Å²) >= 11 is 0. The van der Waals surface area contributed by atoms with E-state index in [1.54, 1.807) is 11.8 Å². The third-order valence-electron chi connectivity index (χ3n) is 3.95. The van der Waals surface area contributed by atoms with Gasteiger partial charge in [0.1, 0.15) is 12.1 Å². The van der Waals surface area contributed by atoms with Gasteiger partial charge >= 0.3 is 12.0 Å². The van der Waals surface area contributed by atoms with Gasteiger partial charge in [0, 0.05) is 26.1 Å². The van der Waals surface area contributed by atoms with Crippen molar-refractivity contribution in [2.45, 2.75) is 44.4 Å². The molecule has 0 aromatic carbocycles. The summed E-state index contributed by atoms with van der Waals surface area (Å²) in [6.07, 6.45) is 1.09. The number of carbonyl (C=O) groups excluding carboxylic acids is 2. The lowest BCUT2D eigenvalue weighted by Gasteiger charge is -2.26. The normalized spacial score (nSPS) is 26.8. The number of carbonyl (C=O) groups is 3. The summed E-state index contributed by atoms with van der Waals surface area (Å²) in [6.45, 7) is 2.94. The van der Waals surface area contributed by atoms with Crippen molar-refractivity contribution in [1.82, 2.24) is 15.1 Å². The highest BCUT2D eigenvalue weighted by Crippen LogP contribution is 2.18. The first-order valence-corrected chi connectivity index (χ1v) is 7.17. The summed E-state index contributed by atoms with van der Waals surface area (Å²) in [5.74, 6) is -1.31. The summed E-state index contributed by atoms with van der Waals surface area (Å²) < 4.78 is 0. The lowest BCUT2D eigenvalue weighted by Crippen LogP contribution is -2.52. The first kappa shape index (κ1) is 15.6. The standard InChI is InChI=1S/C13H21N3O5/c1-8(11(18)15-4-2-3-5-15)14-13(21)16-7-9(17)6-10(16)12(19)20/h8-10,17H,2-7H2,1H3,(H,14,21)(H,19,20)/t8?,9-,10-/m0/s1. The van der Waals surface area contributed by atoms with E-state index in [-0.39, 0.29) is 18.9 Å².